The summed E-state index contributed by atoms with van der Waals surface area (Å²) in [6.07, 6.45) is 0. The lowest BCUT2D eigenvalue weighted by Gasteiger charge is -2.22. The fourth-order valence-electron chi connectivity index (χ4n) is 3.16. The van der Waals surface area contributed by atoms with Crippen LogP contribution in [0.2, 0.25) is 5.02 Å². The second-order valence-electron chi connectivity index (χ2n) is 7.80. The molecule has 6 nitrogen and oxygen atoms in total. The molecule has 0 aliphatic heterocycles. The number of halogens is 1. The van der Waals surface area contributed by atoms with Gasteiger partial charge in [0, 0.05) is 24.8 Å². The Morgan fingerprint density at radius 3 is 2.50 bits per heavy atom. The summed E-state index contributed by atoms with van der Waals surface area (Å²) in [6.45, 7) is 9.41. The number of nitrogens with zero attached hydrogens (tertiary/aromatic N) is 4. The molecule has 0 fully saturated rings. The van der Waals surface area contributed by atoms with Gasteiger partial charge in [0.2, 0.25) is 0 Å². The molecule has 3 aromatic rings. The van der Waals surface area contributed by atoms with Gasteiger partial charge in [-0.15, -0.1) is 0 Å². The minimum atomic E-state index is -0.310. The number of carbonyl (C=O) groups excluding carboxylic acids is 1. The number of hydrogen-bond donors (Lipinski definition) is 1. The molecule has 0 unspecified atom stereocenters. The first-order valence-corrected chi connectivity index (χ1v) is 10.4. The maximum Gasteiger partial charge on any atom is 0.271 e. The standard InChI is InChI=1S/C23H28ClN5O/c1-15(2)28(5)14-19-9-7-6-8-18(19)13-25-23(30)22-20(24)10-11-21(26-22)29-17(4)12-16(3)27-29/h6-12,15H,13-14H2,1-5H3,(H,25,30). The number of benzene rings is 1. The molecule has 30 heavy (non-hydrogen) atoms. The maximum atomic E-state index is 12.9. The van der Waals surface area contributed by atoms with E-state index >= 15 is 0 Å². The fourth-order valence-corrected chi connectivity index (χ4v) is 3.36. The second kappa shape index (κ2) is 9.41. The van der Waals surface area contributed by atoms with Crippen LogP contribution in [-0.2, 0) is 13.1 Å². The van der Waals surface area contributed by atoms with E-state index in [2.05, 4.69) is 47.3 Å². The minimum Gasteiger partial charge on any atom is -0.347 e. The molecule has 0 radical (unpaired) electrons. The Labute approximate surface area is 182 Å². The van der Waals surface area contributed by atoms with Gasteiger partial charge in [-0.1, -0.05) is 35.9 Å². The van der Waals surface area contributed by atoms with Crippen molar-refractivity contribution in [2.75, 3.05) is 7.05 Å². The van der Waals surface area contributed by atoms with E-state index < -0.39 is 0 Å². The Morgan fingerprint density at radius 2 is 1.87 bits per heavy atom. The van der Waals surface area contributed by atoms with Crippen molar-refractivity contribution in [1.29, 1.82) is 0 Å². The lowest BCUT2D eigenvalue weighted by Crippen LogP contribution is -2.28. The van der Waals surface area contributed by atoms with Crippen LogP contribution >= 0.6 is 11.6 Å². The van der Waals surface area contributed by atoms with Crippen LogP contribution in [0.5, 0.6) is 0 Å². The Balaban J connectivity index is 1.78. The van der Waals surface area contributed by atoms with Crippen LogP contribution < -0.4 is 5.32 Å². The lowest BCUT2D eigenvalue weighted by molar-refractivity contribution is 0.0946. The Kier molecular flexibility index (Phi) is 6.90. The molecule has 0 aliphatic carbocycles. The summed E-state index contributed by atoms with van der Waals surface area (Å²) in [7, 11) is 2.09. The SMILES string of the molecule is Cc1cc(C)n(-c2ccc(Cl)c(C(=O)NCc3ccccc3CN(C)C(C)C)n2)n1. The Hall–Kier alpha value is -2.70. The van der Waals surface area contributed by atoms with Gasteiger partial charge in [0.05, 0.1) is 10.7 Å². The second-order valence-corrected chi connectivity index (χ2v) is 8.21. The Bertz CT molecular complexity index is 1040. The normalized spacial score (nSPS) is 11.3. The van der Waals surface area contributed by atoms with Gasteiger partial charge in [-0.3, -0.25) is 9.69 Å². The predicted octanol–water partition coefficient (Wildman–Crippen LogP) is 4.31. The van der Waals surface area contributed by atoms with Crippen molar-refractivity contribution in [3.05, 3.63) is 75.7 Å². The van der Waals surface area contributed by atoms with Crippen LogP contribution in [0.1, 0.15) is 46.9 Å². The summed E-state index contributed by atoms with van der Waals surface area (Å²) in [5.74, 6) is 0.254. The van der Waals surface area contributed by atoms with Gasteiger partial charge in [0.1, 0.15) is 5.69 Å². The summed E-state index contributed by atoms with van der Waals surface area (Å²) in [6, 6.07) is 14.0. The van der Waals surface area contributed by atoms with Crippen LogP contribution in [0, 0.1) is 13.8 Å². The highest BCUT2D eigenvalue weighted by Gasteiger charge is 2.16. The van der Waals surface area contributed by atoms with E-state index in [1.165, 1.54) is 5.56 Å². The quantitative estimate of drug-likeness (QED) is 0.612. The molecule has 0 bridgehead atoms. The first-order valence-electron chi connectivity index (χ1n) is 10.0. The van der Waals surface area contributed by atoms with Crippen LogP contribution in [0.25, 0.3) is 5.82 Å². The summed E-state index contributed by atoms with van der Waals surface area (Å²) >= 11 is 6.28. The van der Waals surface area contributed by atoms with Gasteiger partial charge in [0.15, 0.2) is 5.82 Å². The van der Waals surface area contributed by atoms with E-state index in [9.17, 15) is 4.79 Å². The number of pyridine rings is 1. The lowest BCUT2D eigenvalue weighted by atomic mass is 10.1. The monoisotopic (exact) mass is 425 g/mol. The number of amides is 1. The van der Waals surface area contributed by atoms with Crippen molar-refractivity contribution in [1.82, 2.24) is 25.0 Å². The average Bonchev–Trinajstić information content (AvgIpc) is 3.05. The smallest absolute Gasteiger partial charge is 0.271 e. The maximum absolute atomic E-state index is 12.9. The number of nitrogens with one attached hydrogen (secondary N) is 1. The number of carbonyl (C=O) groups is 1. The highest BCUT2D eigenvalue weighted by atomic mass is 35.5. The van der Waals surface area contributed by atoms with Crippen LogP contribution in [0.4, 0.5) is 0 Å². The molecule has 1 N–H and O–H groups in total. The predicted molar refractivity (Wildman–Crippen MR) is 120 cm³/mol. The number of hydrogen-bond acceptors (Lipinski definition) is 4. The van der Waals surface area contributed by atoms with Crippen LogP contribution in [0.3, 0.4) is 0 Å². The summed E-state index contributed by atoms with van der Waals surface area (Å²) in [5, 5.41) is 7.71. The first-order chi connectivity index (χ1) is 14.3. The number of aromatic nitrogens is 3. The third-order valence-electron chi connectivity index (χ3n) is 5.13. The molecular weight excluding hydrogens is 398 g/mol. The highest BCUT2D eigenvalue weighted by molar-refractivity contribution is 6.33. The van der Waals surface area contributed by atoms with E-state index in [1.54, 1.807) is 16.8 Å². The van der Waals surface area contributed by atoms with E-state index in [0.29, 0.717) is 23.4 Å². The van der Waals surface area contributed by atoms with Gasteiger partial charge in [-0.2, -0.15) is 5.10 Å². The van der Waals surface area contributed by atoms with Crippen molar-refractivity contribution < 1.29 is 4.79 Å². The molecule has 2 heterocycles. The highest BCUT2D eigenvalue weighted by Crippen LogP contribution is 2.18. The topological polar surface area (TPSA) is 63.1 Å². The summed E-state index contributed by atoms with van der Waals surface area (Å²) < 4.78 is 1.71. The van der Waals surface area contributed by atoms with Crippen LogP contribution in [0.15, 0.2) is 42.5 Å². The van der Waals surface area contributed by atoms with Gasteiger partial charge < -0.3 is 5.32 Å². The van der Waals surface area contributed by atoms with Gasteiger partial charge in [0.25, 0.3) is 5.91 Å². The van der Waals surface area contributed by atoms with E-state index in [0.717, 1.165) is 23.5 Å². The van der Waals surface area contributed by atoms with Crippen molar-refractivity contribution in [3.8, 4) is 5.82 Å². The third kappa shape index (κ3) is 5.07. The largest absolute Gasteiger partial charge is 0.347 e. The van der Waals surface area contributed by atoms with Crippen molar-refractivity contribution in [2.45, 2.75) is 46.8 Å². The Morgan fingerprint density at radius 1 is 1.17 bits per heavy atom. The van der Waals surface area contributed by atoms with Crippen molar-refractivity contribution in [3.63, 3.8) is 0 Å². The molecule has 0 spiro atoms. The van der Waals surface area contributed by atoms with Gasteiger partial charge >= 0.3 is 0 Å². The molecule has 3 rings (SSSR count). The fraction of sp³-hybridized carbons (Fsp3) is 0.348. The zero-order valence-electron chi connectivity index (χ0n) is 18.1. The van der Waals surface area contributed by atoms with Gasteiger partial charge in [-0.25, -0.2) is 9.67 Å². The number of rotatable bonds is 7. The minimum absolute atomic E-state index is 0.193. The summed E-state index contributed by atoms with van der Waals surface area (Å²) in [5.41, 5.74) is 4.28. The van der Waals surface area contributed by atoms with E-state index in [1.807, 2.05) is 38.1 Å². The molecule has 0 atom stereocenters. The molecule has 1 aromatic carbocycles. The van der Waals surface area contributed by atoms with Gasteiger partial charge in [-0.05, 0) is 64.1 Å². The molecule has 0 saturated carbocycles. The molecular formula is C23H28ClN5O. The number of aryl methyl sites for hydroxylation is 2. The molecule has 7 heteroatoms. The summed E-state index contributed by atoms with van der Waals surface area (Å²) in [4.78, 5) is 19.6. The van der Waals surface area contributed by atoms with E-state index in [4.69, 9.17) is 11.6 Å². The zero-order chi connectivity index (χ0) is 21.8. The van der Waals surface area contributed by atoms with E-state index in [-0.39, 0.29) is 11.6 Å². The molecule has 1 amide bonds. The van der Waals surface area contributed by atoms with Crippen molar-refractivity contribution >= 4 is 17.5 Å². The molecule has 158 valence electrons. The molecule has 0 aliphatic rings. The third-order valence-corrected chi connectivity index (χ3v) is 5.44. The first kappa shape index (κ1) is 22.0. The average molecular weight is 426 g/mol. The molecule has 2 aromatic heterocycles. The molecule has 0 saturated heterocycles. The van der Waals surface area contributed by atoms with Crippen molar-refractivity contribution in [2.24, 2.45) is 0 Å². The van der Waals surface area contributed by atoms with Crippen LogP contribution in [-0.4, -0.2) is 38.7 Å². The zero-order valence-corrected chi connectivity index (χ0v) is 18.9.